The van der Waals surface area contributed by atoms with E-state index in [1.54, 1.807) is 30.3 Å². The second-order valence-electron chi connectivity index (χ2n) is 5.99. The fraction of sp³-hybridized carbons (Fsp3) is 0.222. The molecule has 0 aliphatic carbocycles. The molecule has 1 atom stereocenters. The number of hydrogen-bond donors (Lipinski definition) is 1. The molecule has 148 valence electrons. The molecule has 2 aromatic carbocycles. The van der Waals surface area contributed by atoms with Crippen LogP contribution in [-0.2, 0) is 0 Å². The average molecular weight is 395 g/mol. The zero-order valence-corrected chi connectivity index (χ0v) is 14.8. The first-order valence-electron chi connectivity index (χ1n) is 7.94. The Morgan fingerprint density at radius 1 is 1.07 bits per heavy atom. The van der Waals surface area contributed by atoms with Crippen LogP contribution in [0.15, 0.2) is 59.7 Å². The van der Waals surface area contributed by atoms with E-state index in [9.17, 15) is 33.2 Å². The summed E-state index contributed by atoms with van der Waals surface area (Å²) in [6.45, 7) is 1.79. The van der Waals surface area contributed by atoms with E-state index in [-0.39, 0.29) is 22.0 Å². The molecule has 0 fully saturated rings. The van der Waals surface area contributed by atoms with Gasteiger partial charge in [0.25, 0.3) is 17.3 Å². The summed E-state index contributed by atoms with van der Waals surface area (Å²) < 4.78 is 40.1. The molecule has 0 radical (unpaired) electrons. The Morgan fingerprint density at radius 3 is 2.07 bits per heavy atom. The van der Waals surface area contributed by atoms with Gasteiger partial charge in [0.2, 0.25) is 0 Å². The smallest absolute Gasteiger partial charge is 0.362 e. The van der Waals surface area contributed by atoms with E-state index in [4.69, 9.17) is 0 Å². The Bertz CT molecular complexity index is 895. The lowest BCUT2D eigenvalue weighted by atomic mass is 10.1. The van der Waals surface area contributed by atoms with E-state index in [2.05, 4.69) is 5.10 Å². The molecule has 0 aliphatic rings. The molecule has 7 nitrogen and oxygen atoms in total. The fourth-order valence-corrected chi connectivity index (χ4v) is 2.20. The van der Waals surface area contributed by atoms with Crippen LogP contribution in [-0.4, -0.2) is 38.6 Å². The maximum atomic E-state index is 13.4. The number of carbonyl (C=O) groups excluding carboxylic acids is 1. The number of nitro groups is 1. The zero-order valence-electron chi connectivity index (χ0n) is 14.8. The largest absolute Gasteiger partial charge is 0.438 e. The number of non-ortho nitro benzene ring substituents is 1. The summed E-state index contributed by atoms with van der Waals surface area (Å²) in [6, 6.07) is 12.1. The van der Waals surface area contributed by atoms with Crippen LogP contribution in [0.1, 0.15) is 29.8 Å². The predicted molar refractivity (Wildman–Crippen MR) is 94.6 cm³/mol. The van der Waals surface area contributed by atoms with Gasteiger partial charge in [0.05, 0.1) is 10.6 Å². The number of rotatable bonds is 5. The third-order valence-electron chi connectivity index (χ3n) is 3.91. The minimum atomic E-state index is -5.20. The Kier molecular flexibility index (Phi) is 5.84. The minimum absolute atomic E-state index is 0.0559. The van der Waals surface area contributed by atoms with Crippen molar-refractivity contribution in [2.75, 3.05) is 0 Å². The van der Waals surface area contributed by atoms with Gasteiger partial charge < -0.3 is 5.11 Å². The van der Waals surface area contributed by atoms with E-state index in [0.717, 1.165) is 24.3 Å². The number of alkyl halides is 3. The maximum Gasteiger partial charge on any atom is 0.438 e. The molecule has 10 heteroatoms. The van der Waals surface area contributed by atoms with E-state index < -0.39 is 22.7 Å². The van der Waals surface area contributed by atoms with Crippen molar-refractivity contribution in [3.63, 3.8) is 0 Å². The Balaban J connectivity index is 2.52. The van der Waals surface area contributed by atoms with E-state index in [1.807, 2.05) is 0 Å². The molecule has 0 spiro atoms. The summed E-state index contributed by atoms with van der Waals surface area (Å²) in [5, 5.41) is 24.4. The highest BCUT2D eigenvalue weighted by atomic mass is 19.4. The third-order valence-corrected chi connectivity index (χ3v) is 3.91. The molecule has 2 aromatic rings. The van der Waals surface area contributed by atoms with Gasteiger partial charge in [-0.25, -0.2) is 0 Å². The number of nitrogens with zero attached hydrogens (tertiary/aromatic N) is 3. The molecule has 0 aliphatic heterocycles. The van der Waals surface area contributed by atoms with Crippen molar-refractivity contribution in [2.24, 2.45) is 5.10 Å². The summed E-state index contributed by atoms with van der Waals surface area (Å²) in [5.74, 6) is -1.27. The first-order valence-corrected chi connectivity index (χ1v) is 7.94. The Labute approximate surface area is 157 Å². The molecule has 1 N–H and O–H groups in total. The third kappa shape index (κ3) is 4.34. The monoisotopic (exact) mass is 395 g/mol. The first kappa shape index (κ1) is 21.0. The van der Waals surface area contributed by atoms with Gasteiger partial charge in [-0.1, -0.05) is 30.3 Å². The van der Waals surface area contributed by atoms with Crippen LogP contribution in [0.25, 0.3) is 0 Å². The second kappa shape index (κ2) is 7.77. The fourth-order valence-electron chi connectivity index (χ4n) is 2.20. The van der Waals surface area contributed by atoms with Crippen LogP contribution in [0.4, 0.5) is 18.9 Å². The first-order chi connectivity index (χ1) is 12.9. The van der Waals surface area contributed by atoms with E-state index in [0.29, 0.717) is 12.5 Å². The van der Waals surface area contributed by atoms with Gasteiger partial charge in [0, 0.05) is 17.7 Å². The number of halogens is 3. The Morgan fingerprint density at radius 2 is 1.61 bits per heavy atom. The maximum absolute atomic E-state index is 13.4. The molecule has 0 bridgehead atoms. The Hall–Kier alpha value is -3.27. The highest BCUT2D eigenvalue weighted by molar-refractivity contribution is 6.01. The van der Waals surface area contributed by atoms with E-state index in [1.165, 1.54) is 6.92 Å². The summed E-state index contributed by atoms with van der Waals surface area (Å²) in [4.78, 5) is 22.7. The zero-order chi connectivity index (χ0) is 21.1. The SMILES string of the molecule is C/C(=N\N(C(=O)c1ccc([N+](=O)[O-])cc1)C(C)(O)C(F)(F)F)c1ccccc1. The summed E-state index contributed by atoms with van der Waals surface area (Å²) in [5.41, 5.74) is -3.75. The van der Waals surface area contributed by atoms with Gasteiger partial charge in [0.1, 0.15) is 0 Å². The molecule has 0 heterocycles. The van der Waals surface area contributed by atoms with Gasteiger partial charge in [0.15, 0.2) is 0 Å². The molecule has 1 unspecified atom stereocenters. The molecular formula is C18H16F3N3O4. The molecule has 0 saturated heterocycles. The highest BCUT2D eigenvalue weighted by Crippen LogP contribution is 2.34. The van der Waals surface area contributed by atoms with Crippen LogP contribution in [0.3, 0.4) is 0 Å². The van der Waals surface area contributed by atoms with Gasteiger partial charge in [-0.2, -0.15) is 23.3 Å². The number of amides is 1. The van der Waals surface area contributed by atoms with Crippen molar-refractivity contribution in [2.45, 2.75) is 25.7 Å². The summed E-state index contributed by atoms with van der Waals surface area (Å²) in [6.07, 6.45) is -5.20. The van der Waals surface area contributed by atoms with Crippen LogP contribution >= 0.6 is 0 Å². The summed E-state index contributed by atoms with van der Waals surface area (Å²) in [7, 11) is 0. The normalized spacial score (nSPS) is 14.3. The minimum Gasteiger partial charge on any atom is -0.362 e. The van der Waals surface area contributed by atoms with Crippen LogP contribution < -0.4 is 0 Å². The van der Waals surface area contributed by atoms with Crippen LogP contribution in [0, 0.1) is 10.1 Å². The molecule has 1 amide bonds. The number of nitro benzene ring substituents is 1. The second-order valence-corrected chi connectivity index (χ2v) is 5.99. The number of hydrazone groups is 1. The van der Waals surface area contributed by atoms with Crippen molar-refractivity contribution in [3.8, 4) is 0 Å². The average Bonchev–Trinajstić information content (AvgIpc) is 2.65. The molecule has 28 heavy (non-hydrogen) atoms. The lowest BCUT2D eigenvalue weighted by Gasteiger charge is -2.34. The van der Waals surface area contributed by atoms with Gasteiger partial charge >= 0.3 is 6.18 Å². The van der Waals surface area contributed by atoms with Crippen molar-refractivity contribution < 1.29 is 28.0 Å². The molecule has 2 rings (SSSR count). The quantitative estimate of drug-likeness (QED) is 0.361. The molecule has 0 aromatic heterocycles. The van der Waals surface area contributed by atoms with Crippen LogP contribution in [0.5, 0.6) is 0 Å². The van der Waals surface area contributed by atoms with Crippen molar-refractivity contribution in [1.29, 1.82) is 0 Å². The topological polar surface area (TPSA) is 96.0 Å². The van der Waals surface area contributed by atoms with Gasteiger partial charge in [-0.05, 0) is 31.5 Å². The number of aliphatic hydroxyl groups is 1. The van der Waals surface area contributed by atoms with Gasteiger partial charge in [-0.15, -0.1) is 0 Å². The number of carbonyl (C=O) groups is 1. The van der Waals surface area contributed by atoms with Gasteiger partial charge in [-0.3, -0.25) is 14.9 Å². The lowest BCUT2D eigenvalue weighted by Crippen LogP contribution is -2.57. The standard InChI is InChI=1S/C18H16F3N3O4/c1-12(13-6-4-3-5-7-13)22-23(17(2,26)18(19,20)21)16(25)14-8-10-15(11-9-14)24(27)28/h3-11,26H,1-2H3/b22-12+. The van der Waals surface area contributed by atoms with Crippen molar-refractivity contribution in [3.05, 3.63) is 75.8 Å². The van der Waals surface area contributed by atoms with Crippen LogP contribution in [0.2, 0.25) is 0 Å². The molecular weight excluding hydrogens is 379 g/mol. The molecule has 0 saturated carbocycles. The lowest BCUT2D eigenvalue weighted by molar-refractivity contribution is -0.384. The predicted octanol–water partition coefficient (Wildman–Crippen LogP) is 3.73. The highest BCUT2D eigenvalue weighted by Gasteiger charge is 2.57. The van der Waals surface area contributed by atoms with Crippen molar-refractivity contribution >= 4 is 17.3 Å². The van der Waals surface area contributed by atoms with E-state index >= 15 is 0 Å². The van der Waals surface area contributed by atoms with Crippen molar-refractivity contribution in [1.82, 2.24) is 5.01 Å². The number of hydrogen-bond acceptors (Lipinski definition) is 5. The summed E-state index contributed by atoms with van der Waals surface area (Å²) >= 11 is 0. The number of benzene rings is 2.